The van der Waals surface area contributed by atoms with Crippen LogP contribution in [0.2, 0.25) is 0 Å². The van der Waals surface area contributed by atoms with Crippen LogP contribution in [0.4, 0.5) is 8.78 Å². The lowest BCUT2D eigenvalue weighted by atomic mass is 9.98. The number of unbranched alkanes of at least 4 members (excludes halogenated alkanes) is 4. The first-order valence-electron chi connectivity index (χ1n) is 13.2. The van der Waals surface area contributed by atoms with Gasteiger partial charge >= 0.3 is 6.29 Å². The van der Waals surface area contributed by atoms with Crippen LogP contribution in [0.15, 0.2) is 24.3 Å². The zero-order chi connectivity index (χ0) is 25.0. The van der Waals surface area contributed by atoms with E-state index in [1.165, 1.54) is 62.5 Å². The lowest BCUT2D eigenvalue weighted by molar-refractivity contribution is -0.286. The van der Waals surface area contributed by atoms with Crippen LogP contribution in [0.25, 0.3) is 0 Å². The second-order valence-corrected chi connectivity index (χ2v) is 10.4. The Morgan fingerprint density at radius 1 is 0.641 bits per heavy atom. The van der Waals surface area contributed by atoms with Crippen molar-refractivity contribution in [3.05, 3.63) is 46.5 Å². The van der Waals surface area contributed by atoms with Gasteiger partial charge in [-0.1, -0.05) is 82.1 Å². The Kier molecular flexibility index (Phi) is 14.9. The Hall–Kier alpha value is -2.50. The summed E-state index contributed by atoms with van der Waals surface area (Å²) in [6.07, 6.45) is 10.7. The van der Waals surface area contributed by atoms with Crippen LogP contribution < -0.4 is 9.47 Å². The van der Waals surface area contributed by atoms with Crippen LogP contribution in [0, 0.1) is 11.8 Å². The maximum Gasteiger partial charge on any atom is 0.586 e. The fraction of sp³-hybridized carbons (Fsp3) is 0.636. The number of phenols is 2. The molecule has 1 heterocycles. The third-order valence-electron chi connectivity index (χ3n) is 7.49. The minimum absolute atomic E-state index is 0. The van der Waals surface area contributed by atoms with Crippen LogP contribution in [-0.4, -0.2) is 16.5 Å². The number of benzene rings is 2. The first kappa shape index (κ1) is 36.5. The predicted molar refractivity (Wildman–Crippen MR) is 159 cm³/mol. The van der Waals surface area contributed by atoms with Gasteiger partial charge < -0.3 is 19.7 Å². The van der Waals surface area contributed by atoms with E-state index in [1.807, 2.05) is 0 Å². The molecule has 0 radical (unpaired) electrons. The van der Waals surface area contributed by atoms with Crippen LogP contribution in [-0.2, 0) is 25.7 Å². The molecule has 2 N–H and O–H groups in total. The van der Waals surface area contributed by atoms with Crippen molar-refractivity contribution in [2.45, 2.75) is 127 Å². The molecule has 2 aromatic carbocycles. The van der Waals surface area contributed by atoms with E-state index in [9.17, 15) is 19.0 Å². The highest BCUT2D eigenvalue weighted by Crippen LogP contribution is 2.45. The third kappa shape index (κ3) is 9.29. The van der Waals surface area contributed by atoms with Gasteiger partial charge in [0.05, 0.1) is 0 Å². The molecule has 39 heavy (non-hydrogen) atoms. The molecule has 4 nitrogen and oxygen atoms in total. The Balaban J connectivity index is 0.000000680. The highest BCUT2D eigenvalue weighted by Gasteiger charge is 2.44. The molecule has 0 atom stereocenters. The fourth-order valence-electron chi connectivity index (χ4n) is 5.67. The summed E-state index contributed by atoms with van der Waals surface area (Å²) in [4.78, 5) is 0. The first-order valence-corrected chi connectivity index (χ1v) is 13.2. The van der Waals surface area contributed by atoms with Gasteiger partial charge in [-0.15, -0.1) is 8.78 Å². The summed E-state index contributed by atoms with van der Waals surface area (Å²) in [5.41, 5.74) is 4.72. The van der Waals surface area contributed by atoms with E-state index in [2.05, 4.69) is 23.3 Å². The monoisotopic (exact) mass is 552 g/mol. The molecule has 1 aliphatic heterocycles. The van der Waals surface area contributed by atoms with E-state index in [-0.39, 0.29) is 52.7 Å². The molecular formula is C33H54F2O4. The molecule has 6 heteroatoms. The molecule has 0 bridgehead atoms. The van der Waals surface area contributed by atoms with Crippen LogP contribution in [0.3, 0.4) is 0 Å². The summed E-state index contributed by atoms with van der Waals surface area (Å²) in [6.45, 7) is 4.42. The second-order valence-electron chi connectivity index (χ2n) is 10.4. The Bertz CT molecular complexity index is 953. The Morgan fingerprint density at radius 3 is 1.31 bits per heavy atom. The Labute approximate surface area is 236 Å². The second kappa shape index (κ2) is 15.9. The van der Waals surface area contributed by atoms with Crippen molar-refractivity contribution in [3.8, 4) is 23.0 Å². The molecule has 0 unspecified atom stereocenters. The minimum atomic E-state index is -3.50. The van der Waals surface area contributed by atoms with E-state index < -0.39 is 6.29 Å². The average molecular weight is 553 g/mol. The van der Waals surface area contributed by atoms with Crippen molar-refractivity contribution in [1.82, 2.24) is 0 Å². The number of hydrogen-bond acceptors (Lipinski definition) is 4. The lowest BCUT2D eigenvalue weighted by Crippen LogP contribution is -2.25. The van der Waals surface area contributed by atoms with E-state index in [0.717, 1.165) is 36.8 Å². The highest BCUT2D eigenvalue weighted by atomic mass is 19.3. The van der Waals surface area contributed by atoms with Crippen molar-refractivity contribution in [3.63, 3.8) is 0 Å². The maximum absolute atomic E-state index is 13.0. The normalized spacial score (nSPS) is 15.9. The van der Waals surface area contributed by atoms with Crippen LogP contribution in [0.5, 0.6) is 23.0 Å². The van der Waals surface area contributed by atoms with Gasteiger partial charge in [-0.2, -0.15) is 0 Å². The van der Waals surface area contributed by atoms with Gasteiger partial charge in [-0.25, -0.2) is 0 Å². The average Bonchev–Trinajstić information content (AvgIpc) is 3.45. The fourth-order valence-corrected chi connectivity index (χ4v) is 5.67. The van der Waals surface area contributed by atoms with Gasteiger partial charge in [0, 0.05) is 0 Å². The molecule has 224 valence electrons. The lowest BCUT2D eigenvalue weighted by Gasteiger charge is -2.07. The molecule has 2 aromatic rings. The quantitative estimate of drug-likeness (QED) is 0.253. The summed E-state index contributed by atoms with van der Waals surface area (Å²) >= 11 is 0. The molecule has 0 saturated carbocycles. The van der Waals surface area contributed by atoms with Crippen molar-refractivity contribution < 1.29 is 28.5 Å². The number of rotatable bonds is 8. The molecule has 0 fully saturated rings. The number of fused-ring (bicyclic) bond motifs is 3. The molecule has 0 saturated heterocycles. The highest BCUT2D eigenvalue weighted by molar-refractivity contribution is 5.51. The van der Waals surface area contributed by atoms with Crippen molar-refractivity contribution in [2.24, 2.45) is 11.8 Å². The van der Waals surface area contributed by atoms with Gasteiger partial charge in [0.25, 0.3) is 0 Å². The third-order valence-corrected chi connectivity index (χ3v) is 7.49. The maximum atomic E-state index is 13.0. The molecule has 0 amide bonds. The van der Waals surface area contributed by atoms with E-state index in [4.69, 9.17) is 0 Å². The summed E-state index contributed by atoms with van der Waals surface area (Å²) in [7, 11) is 0. The smallest absolute Gasteiger partial charge is 0.504 e. The van der Waals surface area contributed by atoms with Crippen molar-refractivity contribution in [1.29, 1.82) is 0 Å². The molecule has 0 spiro atoms. The predicted octanol–water partition coefficient (Wildman–Crippen LogP) is 10.2. The molecule has 3 aliphatic rings. The SMILES string of the molecule is C.C.C.C.CCCCCC1Cc2cc(O)c(O)cc2C1.CCCCCC1Cc2cc3c(cc2C1)OC(F)(F)O3. The summed E-state index contributed by atoms with van der Waals surface area (Å²) in [5, 5.41) is 18.9. The summed E-state index contributed by atoms with van der Waals surface area (Å²) in [5.74, 6) is 1.75. The zero-order valence-corrected chi connectivity index (χ0v) is 20.9. The van der Waals surface area contributed by atoms with E-state index in [0.29, 0.717) is 11.8 Å². The number of alkyl halides is 2. The molecule has 0 aromatic heterocycles. The summed E-state index contributed by atoms with van der Waals surface area (Å²) in [6, 6.07) is 6.91. The number of aromatic hydroxyl groups is 2. The van der Waals surface area contributed by atoms with Gasteiger partial charge in [0.15, 0.2) is 23.0 Å². The van der Waals surface area contributed by atoms with Gasteiger partial charge in [0.1, 0.15) is 0 Å². The molecule has 2 aliphatic carbocycles. The van der Waals surface area contributed by atoms with Crippen molar-refractivity contribution >= 4 is 0 Å². The van der Waals surface area contributed by atoms with Gasteiger partial charge in [0.2, 0.25) is 0 Å². The van der Waals surface area contributed by atoms with Crippen LogP contribution >= 0.6 is 0 Å². The van der Waals surface area contributed by atoms with Crippen molar-refractivity contribution in [2.75, 3.05) is 0 Å². The first-order chi connectivity index (χ1) is 16.8. The largest absolute Gasteiger partial charge is 0.586 e. The zero-order valence-electron chi connectivity index (χ0n) is 20.9. The topological polar surface area (TPSA) is 58.9 Å². The Morgan fingerprint density at radius 2 is 0.974 bits per heavy atom. The number of ether oxygens (including phenoxy) is 2. The van der Waals surface area contributed by atoms with Crippen LogP contribution in [0.1, 0.15) is 117 Å². The van der Waals surface area contributed by atoms with Gasteiger partial charge in [-0.3, -0.25) is 0 Å². The molecule has 5 rings (SSSR count). The molecular weight excluding hydrogens is 498 g/mol. The number of phenolic OH excluding ortho intramolecular Hbond substituents is 2. The standard InChI is InChI=1S/C15H18F2O2.C14H20O2.4CH4/c1-2-3-4-5-10-6-11-8-13-14(9-12(11)7-10)19-15(16,17)18-13;1-2-3-4-5-10-6-11-8-13(15)14(16)9-12(11)7-10;;;;/h8-10H,2-7H2,1H3;8-10,15-16H,2-7H2,1H3;4*1H4. The van der Waals surface area contributed by atoms with Gasteiger partial charge in [-0.05, 0) is 96.9 Å². The summed E-state index contributed by atoms with van der Waals surface area (Å²) < 4.78 is 34.9. The van der Waals surface area contributed by atoms with E-state index >= 15 is 0 Å². The minimum Gasteiger partial charge on any atom is -0.504 e. The number of hydrogen-bond donors (Lipinski definition) is 2. The number of halogens is 2. The van der Waals surface area contributed by atoms with E-state index in [1.54, 1.807) is 24.3 Å².